The standard InChI is InChI=1S/C16H29N3/c1-4-13-5-8-15(9-6-13)16(17-2)10-7-14-11-18-19(3)12-14/h11-13,15-17H,4-10H2,1-3H3. The molecular weight excluding hydrogens is 234 g/mol. The topological polar surface area (TPSA) is 29.9 Å². The van der Waals surface area contributed by atoms with Gasteiger partial charge in [0.2, 0.25) is 0 Å². The van der Waals surface area contributed by atoms with Gasteiger partial charge >= 0.3 is 0 Å². The third-order valence-electron chi connectivity index (χ3n) is 4.91. The number of nitrogens with one attached hydrogen (secondary N) is 1. The Balaban J connectivity index is 1.80. The SMILES string of the molecule is CCC1CCC(C(CCc2cnn(C)c2)NC)CC1. The van der Waals surface area contributed by atoms with E-state index < -0.39 is 0 Å². The molecule has 0 saturated heterocycles. The summed E-state index contributed by atoms with van der Waals surface area (Å²) in [5.74, 6) is 1.87. The molecule has 2 rings (SSSR count). The molecule has 1 unspecified atom stereocenters. The van der Waals surface area contributed by atoms with Crippen molar-refractivity contribution in [3.8, 4) is 0 Å². The third kappa shape index (κ3) is 4.07. The van der Waals surface area contributed by atoms with Crippen LogP contribution in [0, 0.1) is 11.8 Å². The normalized spacial score (nSPS) is 25.4. The van der Waals surface area contributed by atoms with Gasteiger partial charge in [0.05, 0.1) is 6.20 Å². The van der Waals surface area contributed by atoms with E-state index in [9.17, 15) is 0 Å². The molecule has 1 aliphatic rings. The molecule has 0 radical (unpaired) electrons. The molecule has 1 aromatic heterocycles. The highest BCUT2D eigenvalue weighted by atomic mass is 15.2. The van der Waals surface area contributed by atoms with Gasteiger partial charge < -0.3 is 5.32 Å². The lowest BCUT2D eigenvalue weighted by Crippen LogP contribution is -2.36. The first-order chi connectivity index (χ1) is 9.22. The molecule has 0 bridgehead atoms. The molecule has 0 spiro atoms. The number of aryl methyl sites for hydroxylation is 2. The largest absolute Gasteiger partial charge is 0.317 e. The van der Waals surface area contributed by atoms with Gasteiger partial charge in [-0.15, -0.1) is 0 Å². The first-order valence-electron chi connectivity index (χ1n) is 7.87. The van der Waals surface area contributed by atoms with Crippen molar-refractivity contribution >= 4 is 0 Å². The number of aromatic nitrogens is 2. The molecule has 1 heterocycles. The molecule has 0 aliphatic heterocycles. The first kappa shape index (κ1) is 14.6. The van der Waals surface area contributed by atoms with E-state index in [4.69, 9.17) is 0 Å². The predicted molar refractivity (Wildman–Crippen MR) is 80.1 cm³/mol. The van der Waals surface area contributed by atoms with Gasteiger partial charge in [0.1, 0.15) is 0 Å². The van der Waals surface area contributed by atoms with Crippen LogP contribution in [0.3, 0.4) is 0 Å². The molecule has 0 amide bonds. The van der Waals surface area contributed by atoms with Crippen molar-refractivity contribution in [3.05, 3.63) is 18.0 Å². The highest BCUT2D eigenvalue weighted by Crippen LogP contribution is 2.33. The maximum Gasteiger partial charge on any atom is 0.0521 e. The molecule has 1 aliphatic carbocycles. The summed E-state index contributed by atoms with van der Waals surface area (Å²) in [5, 5.41) is 7.80. The fourth-order valence-electron chi connectivity index (χ4n) is 3.54. The van der Waals surface area contributed by atoms with Crippen LogP contribution in [0.4, 0.5) is 0 Å². The average molecular weight is 263 g/mol. The van der Waals surface area contributed by atoms with Crippen LogP contribution in [-0.2, 0) is 13.5 Å². The summed E-state index contributed by atoms with van der Waals surface area (Å²) in [4.78, 5) is 0. The van der Waals surface area contributed by atoms with Crippen LogP contribution >= 0.6 is 0 Å². The molecule has 108 valence electrons. The maximum absolute atomic E-state index is 4.25. The lowest BCUT2D eigenvalue weighted by Gasteiger charge is -2.33. The summed E-state index contributed by atoms with van der Waals surface area (Å²) < 4.78 is 1.90. The van der Waals surface area contributed by atoms with Gasteiger partial charge in [0.25, 0.3) is 0 Å². The Labute approximate surface area is 117 Å². The van der Waals surface area contributed by atoms with Crippen LogP contribution in [0.5, 0.6) is 0 Å². The van der Waals surface area contributed by atoms with Crippen molar-refractivity contribution in [1.82, 2.24) is 15.1 Å². The van der Waals surface area contributed by atoms with Crippen molar-refractivity contribution in [2.75, 3.05) is 7.05 Å². The molecule has 1 N–H and O–H groups in total. The number of hydrogen-bond donors (Lipinski definition) is 1. The van der Waals surface area contributed by atoms with E-state index in [0.29, 0.717) is 6.04 Å². The van der Waals surface area contributed by atoms with Crippen LogP contribution in [0.2, 0.25) is 0 Å². The number of nitrogens with zero attached hydrogens (tertiary/aromatic N) is 2. The van der Waals surface area contributed by atoms with Gasteiger partial charge in [0.15, 0.2) is 0 Å². The summed E-state index contributed by atoms with van der Waals surface area (Å²) in [5.41, 5.74) is 1.37. The van der Waals surface area contributed by atoms with E-state index in [1.165, 1.54) is 44.1 Å². The van der Waals surface area contributed by atoms with Crippen LogP contribution in [0.15, 0.2) is 12.4 Å². The van der Waals surface area contributed by atoms with Crippen LogP contribution in [0.25, 0.3) is 0 Å². The van der Waals surface area contributed by atoms with Crippen molar-refractivity contribution < 1.29 is 0 Å². The van der Waals surface area contributed by atoms with E-state index in [1.54, 1.807) is 0 Å². The van der Waals surface area contributed by atoms with Gasteiger partial charge in [0, 0.05) is 19.3 Å². The predicted octanol–water partition coefficient (Wildman–Crippen LogP) is 3.16. The van der Waals surface area contributed by atoms with Crippen LogP contribution in [-0.4, -0.2) is 22.9 Å². The summed E-state index contributed by atoms with van der Waals surface area (Å²) in [6.07, 6.45) is 13.6. The molecule has 1 atom stereocenters. The highest BCUT2D eigenvalue weighted by Gasteiger charge is 2.25. The van der Waals surface area contributed by atoms with Gasteiger partial charge in [-0.1, -0.05) is 26.2 Å². The van der Waals surface area contributed by atoms with Crippen molar-refractivity contribution in [2.45, 2.75) is 57.9 Å². The lowest BCUT2D eigenvalue weighted by molar-refractivity contribution is 0.216. The van der Waals surface area contributed by atoms with E-state index in [-0.39, 0.29) is 0 Å². The smallest absolute Gasteiger partial charge is 0.0521 e. The first-order valence-corrected chi connectivity index (χ1v) is 7.87. The maximum atomic E-state index is 4.25. The average Bonchev–Trinajstić information content (AvgIpc) is 2.86. The van der Waals surface area contributed by atoms with Crippen LogP contribution in [0.1, 0.15) is 51.0 Å². The molecule has 1 fully saturated rings. The molecule has 0 aromatic carbocycles. The zero-order valence-electron chi connectivity index (χ0n) is 12.7. The Hall–Kier alpha value is -0.830. The highest BCUT2D eigenvalue weighted by molar-refractivity contribution is 5.04. The quantitative estimate of drug-likeness (QED) is 0.854. The van der Waals surface area contributed by atoms with Crippen molar-refractivity contribution in [1.29, 1.82) is 0 Å². The third-order valence-corrected chi connectivity index (χ3v) is 4.91. The summed E-state index contributed by atoms with van der Waals surface area (Å²) in [6.45, 7) is 2.34. The minimum Gasteiger partial charge on any atom is -0.317 e. The van der Waals surface area contributed by atoms with E-state index >= 15 is 0 Å². The second-order valence-corrected chi connectivity index (χ2v) is 6.15. The van der Waals surface area contributed by atoms with E-state index in [0.717, 1.165) is 18.3 Å². The Morgan fingerprint density at radius 3 is 2.63 bits per heavy atom. The Morgan fingerprint density at radius 1 is 1.37 bits per heavy atom. The van der Waals surface area contributed by atoms with Gasteiger partial charge in [-0.25, -0.2) is 0 Å². The van der Waals surface area contributed by atoms with Crippen molar-refractivity contribution in [3.63, 3.8) is 0 Å². The Kier molecular flexibility index (Phi) is 5.44. The van der Waals surface area contributed by atoms with E-state index in [2.05, 4.69) is 30.6 Å². The molecule has 1 saturated carbocycles. The number of hydrogen-bond acceptors (Lipinski definition) is 2. The molecule has 19 heavy (non-hydrogen) atoms. The van der Waals surface area contributed by atoms with Crippen molar-refractivity contribution in [2.24, 2.45) is 18.9 Å². The molecule has 3 nitrogen and oxygen atoms in total. The lowest BCUT2D eigenvalue weighted by atomic mass is 9.76. The second-order valence-electron chi connectivity index (χ2n) is 6.15. The minimum atomic E-state index is 0.679. The molecule has 3 heteroatoms. The Morgan fingerprint density at radius 2 is 2.11 bits per heavy atom. The second kappa shape index (κ2) is 7.09. The zero-order valence-corrected chi connectivity index (χ0v) is 12.7. The van der Waals surface area contributed by atoms with Crippen LogP contribution < -0.4 is 5.32 Å². The fourth-order valence-corrected chi connectivity index (χ4v) is 3.54. The summed E-state index contributed by atoms with van der Waals surface area (Å²) in [6, 6.07) is 0.679. The number of rotatable bonds is 6. The fraction of sp³-hybridized carbons (Fsp3) is 0.812. The summed E-state index contributed by atoms with van der Waals surface area (Å²) in [7, 11) is 4.12. The Bertz CT molecular complexity index is 364. The zero-order chi connectivity index (χ0) is 13.7. The summed E-state index contributed by atoms with van der Waals surface area (Å²) >= 11 is 0. The molecular formula is C16H29N3. The monoisotopic (exact) mass is 263 g/mol. The van der Waals surface area contributed by atoms with E-state index in [1.807, 2.05) is 17.9 Å². The molecule has 1 aromatic rings. The van der Waals surface area contributed by atoms with Gasteiger partial charge in [-0.2, -0.15) is 5.10 Å². The minimum absolute atomic E-state index is 0.679. The van der Waals surface area contributed by atoms with Gasteiger partial charge in [-0.3, -0.25) is 4.68 Å². The van der Waals surface area contributed by atoms with Gasteiger partial charge in [-0.05, 0) is 50.1 Å².